The van der Waals surface area contributed by atoms with Crippen molar-refractivity contribution in [3.05, 3.63) is 29.3 Å². The lowest BCUT2D eigenvalue weighted by molar-refractivity contribution is -0.124. The summed E-state index contributed by atoms with van der Waals surface area (Å²) in [5, 5.41) is 5.22. The Morgan fingerprint density at radius 3 is 2.52 bits per heavy atom. The number of hydrogen-bond acceptors (Lipinski definition) is 4. The summed E-state index contributed by atoms with van der Waals surface area (Å²) in [5.41, 5.74) is 0.904. The zero-order valence-corrected chi connectivity index (χ0v) is 12.4. The van der Waals surface area contributed by atoms with E-state index in [-0.39, 0.29) is 11.8 Å². The van der Waals surface area contributed by atoms with E-state index >= 15 is 0 Å². The van der Waals surface area contributed by atoms with Crippen LogP contribution in [0.4, 0.5) is 5.69 Å². The number of rotatable bonds is 2. The van der Waals surface area contributed by atoms with Crippen molar-refractivity contribution in [3.63, 3.8) is 0 Å². The van der Waals surface area contributed by atoms with Crippen LogP contribution >= 0.6 is 0 Å². The van der Waals surface area contributed by atoms with Crippen LogP contribution in [0.1, 0.15) is 49.7 Å². The first-order chi connectivity index (χ1) is 9.67. The third kappa shape index (κ3) is 3.39. The van der Waals surface area contributed by atoms with Gasteiger partial charge in [-0.1, -0.05) is 0 Å². The maximum absolute atomic E-state index is 12.1. The Morgan fingerprint density at radius 2 is 1.95 bits per heavy atom. The van der Waals surface area contributed by atoms with Crippen molar-refractivity contribution in [1.82, 2.24) is 5.32 Å². The second kappa shape index (κ2) is 5.20. The zero-order valence-electron chi connectivity index (χ0n) is 12.4. The number of amides is 2. The minimum absolute atomic E-state index is 0.314. The van der Waals surface area contributed by atoms with Gasteiger partial charge in [0.15, 0.2) is 0 Å². The molecule has 1 unspecified atom stereocenters. The Morgan fingerprint density at radius 1 is 1.29 bits per heavy atom. The van der Waals surface area contributed by atoms with E-state index in [2.05, 4.69) is 10.6 Å². The highest BCUT2D eigenvalue weighted by molar-refractivity contribution is 6.05. The topological polar surface area (TPSA) is 84.5 Å². The number of nitrogens with one attached hydrogen (secondary N) is 2. The van der Waals surface area contributed by atoms with Crippen LogP contribution < -0.4 is 10.6 Å². The van der Waals surface area contributed by atoms with Crippen molar-refractivity contribution in [1.29, 1.82) is 0 Å². The Hall–Kier alpha value is -2.37. The highest BCUT2D eigenvalue weighted by atomic mass is 16.6. The first kappa shape index (κ1) is 15.0. The summed E-state index contributed by atoms with van der Waals surface area (Å²) in [6.07, 6.45) is 0. The van der Waals surface area contributed by atoms with Gasteiger partial charge in [0, 0.05) is 18.2 Å². The molecule has 2 rings (SSSR count). The van der Waals surface area contributed by atoms with E-state index in [9.17, 15) is 14.4 Å². The van der Waals surface area contributed by atoms with E-state index in [0.717, 1.165) is 0 Å². The molecule has 0 saturated carbocycles. The molecule has 0 radical (unpaired) electrons. The van der Waals surface area contributed by atoms with Crippen molar-refractivity contribution in [2.24, 2.45) is 0 Å². The Kier molecular flexibility index (Phi) is 3.72. The number of carbonyl (C=O) groups is 3. The first-order valence-electron chi connectivity index (χ1n) is 6.62. The van der Waals surface area contributed by atoms with Gasteiger partial charge in [-0.15, -0.1) is 0 Å². The molecule has 0 saturated heterocycles. The standard InChI is InChI=1S/C15H18N2O4/c1-8(18)16-12-10-7-9(14(20)21-15(2,3)4)5-6-11(10)17-13(12)19/h5-7,12H,1-4H3,(H,16,18)(H,17,19). The van der Waals surface area contributed by atoms with Gasteiger partial charge in [-0.05, 0) is 39.0 Å². The Balaban J connectivity index is 2.30. The molecule has 2 amide bonds. The number of esters is 1. The summed E-state index contributed by atoms with van der Waals surface area (Å²) >= 11 is 0. The van der Waals surface area contributed by atoms with Gasteiger partial charge in [-0.2, -0.15) is 0 Å². The van der Waals surface area contributed by atoms with E-state index in [0.29, 0.717) is 16.8 Å². The van der Waals surface area contributed by atoms with Crippen molar-refractivity contribution >= 4 is 23.5 Å². The number of carbonyl (C=O) groups excluding carboxylic acids is 3. The largest absolute Gasteiger partial charge is 0.456 e. The summed E-state index contributed by atoms with van der Waals surface area (Å²) in [7, 11) is 0. The lowest BCUT2D eigenvalue weighted by Gasteiger charge is -2.19. The predicted molar refractivity (Wildman–Crippen MR) is 76.8 cm³/mol. The van der Waals surface area contributed by atoms with Gasteiger partial charge in [-0.3, -0.25) is 9.59 Å². The van der Waals surface area contributed by atoms with Crippen LogP contribution in [0, 0.1) is 0 Å². The van der Waals surface area contributed by atoms with Gasteiger partial charge >= 0.3 is 5.97 Å². The van der Waals surface area contributed by atoms with Crippen molar-refractivity contribution in [3.8, 4) is 0 Å². The summed E-state index contributed by atoms with van der Waals surface area (Å²) in [6, 6.07) is 4.01. The second-order valence-corrected chi connectivity index (χ2v) is 5.93. The monoisotopic (exact) mass is 290 g/mol. The first-order valence-corrected chi connectivity index (χ1v) is 6.62. The van der Waals surface area contributed by atoms with Crippen molar-refractivity contribution in [2.75, 3.05) is 5.32 Å². The average molecular weight is 290 g/mol. The quantitative estimate of drug-likeness (QED) is 0.813. The fourth-order valence-electron chi connectivity index (χ4n) is 2.07. The summed E-state index contributed by atoms with van der Waals surface area (Å²) < 4.78 is 5.30. The molecule has 1 aromatic carbocycles. The lowest BCUT2D eigenvalue weighted by atomic mass is 10.0. The van der Waals surface area contributed by atoms with E-state index in [4.69, 9.17) is 4.74 Å². The number of anilines is 1. The van der Waals surface area contributed by atoms with Gasteiger partial charge in [-0.25, -0.2) is 4.79 Å². The third-order valence-corrected chi connectivity index (χ3v) is 2.86. The summed E-state index contributed by atoms with van der Waals surface area (Å²) in [4.78, 5) is 35.1. The van der Waals surface area contributed by atoms with Gasteiger partial charge < -0.3 is 15.4 Å². The Bertz CT molecular complexity index is 617. The molecule has 0 fully saturated rings. The van der Waals surface area contributed by atoms with Gasteiger partial charge in [0.25, 0.3) is 5.91 Å². The van der Waals surface area contributed by atoms with Crippen LogP contribution in [-0.2, 0) is 14.3 Å². The molecular weight excluding hydrogens is 272 g/mol. The molecule has 0 bridgehead atoms. The minimum Gasteiger partial charge on any atom is -0.456 e. The molecule has 0 spiro atoms. The molecule has 21 heavy (non-hydrogen) atoms. The van der Waals surface area contributed by atoms with Crippen molar-refractivity contribution in [2.45, 2.75) is 39.3 Å². The smallest absolute Gasteiger partial charge is 0.338 e. The van der Waals surface area contributed by atoms with Crippen LogP contribution in [0.2, 0.25) is 0 Å². The average Bonchev–Trinajstić information content (AvgIpc) is 2.62. The molecular formula is C15H18N2O4. The molecule has 112 valence electrons. The lowest BCUT2D eigenvalue weighted by Crippen LogP contribution is -2.31. The normalized spacial score (nSPS) is 17.0. The molecule has 1 aliphatic heterocycles. The van der Waals surface area contributed by atoms with Crippen LogP contribution in [0.25, 0.3) is 0 Å². The van der Waals surface area contributed by atoms with E-state index in [1.165, 1.54) is 6.92 Å². The van der Waals surface area contributed by atoms with Crippen molar-refractivity contribution < 1.29 is 19.1 Å². The molecule has 1 aliphatic rings. The number of benzene rings is 1. The maximum Gasteiger partial charge on any atom is 0.338 e. The number of fused-ring (bicyclic) bond motifs is 1. The third-order valence-electron chi connectivity index (χ3n) is 2.86. The maximum atomic E-state index is 12.1. The SMILES string of the molecule is CC(=O)NC1C(=O)Nc2ccc(C(=O)OC(C)(C)C)cc21. The van der Waals surface area contributed by atoms with E-state index in [1.54, 1.807) is 39.0 Å². The van der Waals surface area contributed by atoms with Crippen LogP contribution in [-0.4, -0.2) is 23.4 Å². The summed E-state index contributed by atoms with van der Waals surface area (Å²) in [6.45, 7) is 6.68. The number of ether oxygens (including phenoxy) is 1. The molecule has 6 nitrogen and oxygen atoms in total. The van der Waals surface area contributed by atoms with Crippen LogP contribution in [0.3, 0.4) is 0 Å². The minimum atomic E-state index is -0.778. The molecule has 1 heterocycles. The highest BCUT2D eigenvalue weighted by Crippen LogP contribution is 2.32. The molecule has 6 heteroatoms. The van der Waals surface area contributed by atoms with Crippen LogP contribution in [0.15, 0.2) is 18.2 Å². The predicted octanol–water partition coefficient (Wildman–Crippen LogP) is 1.77. The Labute approximate surface area is 122 Å². The van der Waals surface area contributed by atoms with Crippen LogP contribution in [0.5, 0.6) is 0 Å². The van der Waals surface area contributed by atoms with E-state index < -0.39 is 17.6 Å². The zero-order chi connectivity index (χ0) is 15.8. The van der Waals surface area contributed by atoms with Gasteiger partial charge in [0.2, 0.25) is 5.91 Å². The van der Waals surface area contributed by atoms with Gasteiger partial charge in [0.1, 0.15) is 11.6 Å². The molecule has 0 aromatic heterocycles. The fraction of sp³-hybridized carbons (Fsp3) is 0.400. The van der Waals surface area contributed by atoms with E-state index in [1.807, 2.05) is 0 Å². The molecule has 1 atom stereocenters. The summed E-state index contributed by atoms with van der Waals surface area (Å²) in [5.74, 6) is -1.10. The fourth-order valence-corrected chi connectivity index (χ4v) is 2.07. The second-order valence-electron chi connectivity index (χ2n) is 5.93. The molecule has 0 aliphatic carbocycles. The highest BCUT2D eigenvalue weighted by Gasteiger charge is 2.32. The molecule has 2 N–H and O–H groups in total. The molecule has 1 aromatic rings. The van der Waals surface area contributed by atoms with Gasteiger partial charge in [0.05, 0.1) is 5.56 Å². The number of hydrogen-bond donors (Lipinski definition) is 2.